The molecule has 2 aliphatic rings. The zero-order chi connectivity index (χ0) is 20.8. The summed E-state index contributed by atoms with van der Waals surface area (Å²) in [4.78, 5) is 34.2. The number of benzene rings is 3. The van der Waals surface area contributed by atoms with Crippen molar-refractivity contribution in [3.8, 4) is 0 Å². The lowest BCUT2D eigenvalue weighted by Gasteiger charge is -2.29. The maximum Gasteiger partial charge on any atom is 0.266 e. The van der Waals surface area contributed by atoms with E-state index in [2.05, 4.69) is 15.9 Å². The van der Waals surface area contributed by atoms with Gasteiger partial charge in [-0.2, -0.15) is 0 Å². The summed E-state index contributed by atoms with van der Waals surface area (Å²) in [7, 11) is 0. The number of fused-ring (bicyclic) bond motifs is 1. The lowest BCUT2D eigenvalue weighted by atomic mass is 9.90. The topological polar surface area (TPSA) is 49.9 Å². The summed E-state index contributed by atoms with van der Waals surface area (Å²) in [6, 6.07) is 24.4. The molecule has 0 unspecified atom stereocenters. The van der Waals surface area contributed by atoms with Crippen molar-refractivity contribution < 1.29 is 14.4 Å². The van der Waals surface area contributed by atoms with Crippen molar-refractivity contribution in [2.24, 2.45) is 5.92 Å². The largest absolute Gasteiger partial charge is 0.273 e. The molecule has 0 aromatic heterocycles. The molecule has 5 nitrogen and oxygen atoms in total. The second-order valence-electron chi connectivity index (χ2n) is 7.56. The van der Waals surface area contributed by atoms with Gasteiger partial charge in [0.1, 0.15) is 5.92 Å². The summed E-state index contributed by atoms with van der Waals surface area (Å²) >= 11 is 3.52. The highest BCUT2D eigenvalue weighted by atomic mass is 79.9. The smallest absolute Gasteiger partial charge is 0.266 e. The number of carbonyl (C=O) groups is 2. The first-order valence-corrected chi connectivity index (χ1v) is 10.5. The first-order chi connectivity index (χ1) is 14.5. The number of imide groups is 1. The number of hydrogen-bond donors (Lipinski definition) is 0. The molecule has 6 heteroatoms. The van der Waals surface area contributed by atoms with Crippen molar-refractivity contribution >= 4 is 39.1 Å². The molecule has 2 amide bonds. The van der Waals surface area contributed by atoms with E-state index in [1.807, 2.05) is 79.7 Å². The Balaban J connectivity index is 1.60. The molecule has 2 aliphatic heterocycles. The van der Waals surface area contributed by atoms with Crippen molar-refractivity contribution in [3.63, 3.8) is 0 Å². The Morgan fingerprint density at radius 2 is 1.57 bits per heavy atom. The number of carbonyl (C=O) groups excluding carboxylic acids is 2. The standard InChI is InChI=1S/C24H19BrN2O3/c1-15-7-5-12-19(13-15)26-23(28)20-21(16-8-6-9-17(25)14-16)27(30-22(20)24(26)29)18-10-3-2-4-11-18/h2-14,20-22H,1H3/t20-,21+,22-/m1/s1. The van der Waals surface area contributed by atoms with Gasteiger partial charge < -0.3 is 0 Å². The van der Waals surface area contributed by atoms with E-state index in [9.17, 15) is 9.59 Å². The fourth-order valence-electron chi connectivity index (χ4n) is 4.26. The van der Waals surface area contributed by atoms with Gasteiger partial charge >= 0.3 is 0 Å². The third-order valence-corrected chi connectivity index (χ3v) is 6.07. The van der Waals surface area contributed by atoms with Gasteiger partial charge in [-0.15, -0.1) is 0 Å². The number of hydrogen-bond acceptors (Lipinski definition) is 4. The highest BCUT2D eigenvalue weighted by Gasteiger charge is 2.60. The predicted octanol–water partition coefficient (Wildman–Crippen LogP) is 4.81. The zero-order valence-electron chi connectivity index (χ0n) is 16.2. The van der Waals surface area contributed by atoms with Crippen LogP contribution in [0.1, 0.15) is 17.2 Å². The van der Waals surface area contributed by atoms with Crippen LogP contribution >= 0.6 is 15.9 Å². The molecule has 3 aromatic carbocycles. The van der Waals surface area contributed by atoms with Crippen LogP contribution in [0.4, 0.5) is 11.4 Å². The minimum absolute atomic E-state index is 0.237. The quantitative estimate of drug-likeness (QED) is 0.524. The van der Waals surface area contributed by atoms with Gasteiger partial charge in [-0.05, 0) is 54.4 Å². The lowest BCUT2D eigenvalue weighted by Crippen LogP contribution is -2.37. The third-order valence-electron chi connectivity index (χ3n) is 5.58. The maximum atomic E-state index is 13.5. The number of para-hydroxylation sites is 1. The number of aryl methyl sites for hydroxylation is 1. The van der Waals surface area contributed by atoms with Gasteiger partial charge in [0.15, 0.2) is 6.10 Å². The van der Waals surface area contributed by atoms with Crippen molar-refractivity contribution in [3.05, 3.63) is 94.5 Å². The summed E-state index contributed by atoms with van der Waals surface area (Å²) in [5, 5.41) is 1.71. The van der Waals surface area contributed by atoms with Crippen molar-refractivity contribution in [2.75, 3.05) is 9.96 Å². The molecule has 0 radical (unpaired) electrons. The number of nitrogens with zero attached hydrogens (tertiary/aromatic N) is 2. The minimum atomic E-state index is -0.859. The molecular formula is C24H19BrN2O3. The molecule has 0 bridgehead atoms. The molecule has 2 saturated heterocycles. The highest BCUT2D eigenvalue weighted by molar-refractivity contribution is 9.10. The zero-order valence-corrected chi connectivity index (χ0v) is 17.8. The van der Waals surface area contributed by atoms with Gasteiger partial charge in [-0.1, -0.05) is 58.4 Å². The summed E-state index contributed by atoms with van der Waals surface area (Å²) in [6.07, 6.45) is -0.859. The summed E-state index contributed by atoms with van der Waals surface area (Å²) in [5.74, 6) is -1.19. The van der Waals surface area contributed by atoms with Crippen molar-refractivity contribution in [1.29, 1.82) is 0 Å². The normalized spacial score (nSPS) is 23.2. The molecular weight excluding hydrogens is 444 g/mol. The summed E-state index contributed by atoms with van der Waals surface area (Å²) in [6.45, 7) is 1.94. The fraction of sp³-hybridized carbons (Fsp3) is 0.167. The van der Waals surface area contributed by atoms with E-state index in [0.717, 1.165) is 21.3 Å². The predicted molar refractivity (Wildman–Crippen MR) is 118 cm³/mol. The molecule has 2 heterocycles. The molecule has 0 aliphatic carbocycles. The molecule has 2 fully saturated rings. The molecule has 150 valence electrons. The van der Waals surface area contributed by atoms with Gasteiger partial charge in [-0.3, -0.25) is 14.4 Å². The van der Waals surface area contributed by atoms with E-state index < -0.39 is 18.1 Å². The number of anilines is 2. The van der Waals surface area contributed by atoms with E-state index in [-0.39, 0.29) is 11.8 Å². The monoisotopic (exact) mass is 462 g/mol. The van der Waals surface area contributed by atoms with E-state index in [4.69, 9.17) is 4.84 Å². The lowest BCUT2D eigenvalue weighted by molar-refractivity contribution is -0.126. The minimum Gasteiger partial charge on any atom is -0.273 e. The Bertz CT molecular complexity index is 1130. The van der Waals surface area contributed by atoms with Crippen LogP contribution in [0.2, 0.25) is 0 Å². The van der Waals surface area contributed by atoms with Gasteiger partial charge in [-0.25, -0.2) is 9.96 Å². The first kappa shape index (κ1) is 19.0. The molecule has 30 heavy (non-hydrogen) atoms. The summed E-state index contributed by atoms with van der Waals surface area (Å²) < 4.78 is 0.906. The second-order valence-corrected chi connectivity index (χ2v) is 8.48. The van der Waals surface area contributed by atoms with Gasteiger partial charge in [0.2, 0.25) is 5.91 Å². The van der Waals surface area contributed by atoms with Crippen LogP contribution in [0.25, 0.3) is 0 Å². The SMILES string of the molecule is Cc1cccc(N2C(=O)[C@H]3[C@@H](ON(c4ccccc4)[C@H]3c3cccc(Br)c3)C2=O)c1. The van der Waals surface area contributed by atoms with Crippen LogP contribution < -0.4 is 9.96 Å². The third kappa shape index (κ3) is 3.04. The molecule has 3 atom stereocenters. The van der Waals surface area contributed by atoms with Crippen molar-refractivity contribution in [1.82, 2.24) is 0 Å². The van der Waals surface area contributed by atoms with Crippen LogP contribution in [0, 0.1) is 12.8 Å². The average molecular weight is 463 g/mol. The van der Waals surface area contributed by atoms with Gasteiger partial charge in [0, 0.05) is 4.47 Å². The Labute approximate surface area is 183 Å². The number of amides is 2. The Morgan fingerprint density at radius 3 is 2.30 bits per heavy atom. The Morgan fingerprint density at radius 1 is 0.833 bits per heavy atom. The molecule has 0 saturated carbocycles. The first-order valence-electron chi connectivity index (χ1n) is 9.75. The Kier molecular flexibility index (Phi) is 4.68. The summed E-state index contributed by atoms with van der Waals surface area (Å²) in [5.41, 5.74) is 3.29. The number of rotatable bonds is 3. The van der Waals surface area contributed by atoms with Crippen molar-refractivity contribution in [2.45, 2.75) is 19.1 Å². The van der Waals surface area contributed by atoms with E-state index in [0.29, 0.717) is 5.69 Å². The van der Waals surface area contributed by atoms with E-state index in [1.165, 1.54) is 4.90 Å². The molecule has 5 rings (SSSR count). The highest BCUT2D eigenvalue weighted by Crippen LogP contribution is 2.47. The Hall–Kier alpha value is -2.96. The van der Waals surface area contributed by atoms with Crippen LogP contribution in [0.5, 0.6) is 0 Å². The average Bonchev–Trinajstić information content (AvgIpc) is 3.25. The van der Waals surface area contributed by atoms with E-state index >= 15 is 0 Å². The van der Waals surface area contributed by atoms with Crippen LogP contribution in [0.15, 0.2) is 83.3 Å². The van der Waals surface area contributed by atoms with E-state index in [1.54, 1.807) is 11.1 Å². The van der Waals surface area contributed by atoms with Crippen LogP contribution in [-0.4, -0.2) is 17.9 Å². The van der Waals surface area contributed by atoms with Gasteiger partial charge in [0.05, 0.1) is 17.4 Å². The number of hydroxylamine groups is 1. The van der Waals surface area contributed by atoms with Gasteiger partial charge in [0.25, 0.3) is 5.91 Å². The fourth-order valence-corrected chi connectivity index (χ4v) is 4.68. The molecule has 0 N–H and O–H groups in total. The number of halogens is 1. The van der Waals surface area contributed by atoms with Crippen LogP contribution in [-0.2, 0) is 14.4 Å². The second kappa shape index (κ2) is 7.38. The van der Waals surface area contributed by atoms with Crippen LogP contribution in [0.3, 0.4) is 0 Å². The molecule has 0 spiro atoms. The maximum absolute atomic E-state index is 13.5. The molecule has 3 aromatic rings.